The second kappa shape index (κ2) is 6.62. The molecule has 0 radical (unpaired) electrons. The summed E-state index contributed by atoms with van der Waals surface area (Å²) in [6.45, 7) is 0.998. The molecule has 1 N–H and O–H groups in total. The van der Waals surface area contributed by atoms with Crippen molar-refractivity contribution < 1.29 is 13.5 Å². The molecule has 1 aliphatic heterocycles. The minimum Gasteiger partial charge on any atom is -0.392 e. The molecule has 0 amide bonds. The summed E-state index contributed by atoms with van der Waals surface area (Å²) in [4.78, 5) is 2.07. The Hall–Kier alpha value is -0.660. The number of aliphatic hydroxyl groups excluding tert-OH is 1. The summed E-state index contributed by atoms with van der Waals surface area (Å²) in [7, 11) is 0.233. The average molecular weight is 333 g/mol. The highest BCUT2D eigenvalue weighted by Crippen LogP contribution is 2.31. The van der Waals surface area contributed by atoms with Crippen LogP contribution < -0.4 is 0 Å². The number of halogens is 1. The summed E-state index contributed by atoms with van der Waals surface area (Å²) in [5, 5.41) is 9.39. The second-order valence-corrected chi connectivity index (χ2v) is 7.86. The summed E-state index contributed by atoms with van der Waals surface area (Å²) >= 11 is 6.07. The van der Waals surface area contributed by atoms with Crippen molar-refractivity contribution in [1.82, 2.24) is 9.21 Å². The van der Waals surface area contributed by atoms with E-state index in [9.17, 15) is 13.5 Å². The van der Waals surface area contributed by atoms with E-state index < -0.39 is 10.0 Å². The maximum atomic E-state index is 12.9. The van der Waals surface area contributed by atoms with E-state index in [1.165, 1.54) is 16.4 Å². The van der Waals surface area contributed by atoms with Crippen LogP contribution in [0.15, 0.2) is 23.1 Å². The highest BCUT2D eigenvalue weighted by Gasteiger charge is 2.36. The van der Waals surface area contributed by atoms with E-state index in [1.54, 1.807) is 6.07 Å². The van der Waals surface area contributed by atoms with E-state index in [0.717, 1.165) is 12.8 Å². The van der Waals surface area contributed by atoms with Crippen molar-refractivity contribution in [1.29, 1.82) is 0 Å². The molecule has 118 valence electrons. The van der Waals surface area contributed by atoms with Gasteiger partial charge in [-0.05, 0) is 44.6 Å². The van der Waals surface area contributed by atoms with Crippen molar-refractivity contribution in [2.24, 2.45) is 0 Å². The molecule has 7 heteroatoms. The third-order valence-corrected chi connectivity index (χ3v) is 6.10. The van der Waals surface area contributed by atoms with Crippen LogP contribution in [0.3, 0.4) is 0 Å². The second-order valence-electron chi connectivity index (χ2n) is 5.60. The summed E-state index contributed by atoms with van der Waals surface area (Å²) in [5.41, 5.74) is 0.543. The monoisotopic (exact) mass is 332 g/mol. The van der Waals surface area contributed by atoms with Gasteiger partial charge in [0.25, 0.3) is 0 Å². The Morgan fingerprint density at radius 3 is 2.76 bits per heavy atom. The Kier molecular flexibility index (Phi) is 5.27. The van der Waals surface area contributed by atoms with E-state index in [0.29, 0.717) is 18.7 Å². The highest BCUT2D eigenvalue weighted by atomic mass is 35.5. The molecular formula is C14H21ClN2O3S. The molecule has 1 heterocycles. The first kappa shape index (κ1) is 16.7. The molecule has 1 saturated heterocycles. The van der Waals surface area contributed by atoms with Gasteiger partial charge < -0.3 is 10.0 Å². The van der Waals surface area contributed by atoms with E-state index in [-0.39, 0.29) is 22.6 Å². The zero-order valence-corrected chi connectivity index (χ0v) is 13.9. The molecule has 0 aliphatic carbocycles. The number of aliphatic hydroxyl groups is 1. The van der Waals surface area contributed by atoms with Gasteiger partial charge in [-0.2, -0.15) is 4.31 Å². The van der Waals surface area contributed by atoms with Gasteiger partial charge >= 0.3 is 0 Å². The quantitative estimate of drug-likeness (QED) is 0.888. The molecule has 0 bridgehead atoms. The number of hydrogen-bond donors (Lipinski definition) is 1. The minimum atomic E-state index is -3.63. The van der Waals surface area contributed by atoms with Crippen LogP contribution in [-0.4, -0.2) is 56.0 Å². The number of nitrogens with zero attached hydrogens (tertiary/aromatic N) is 2. The van der Waals surface area contributed by atoms with Gasteiger partial charge in [0.15, 0.2) is 0 Å². The molecule has 1 aromatic carbocycles. The Morgan fingerprint density at radius 2 is 2.14 bits per heavy atom. The van der Waals surface area contributed by atoms with Crippen LogP contribution >= 0.6 is 11.6 Å². The standard InChI is InChI=1S/C14H21ClN2O3S/c1-16(2)9-12-4-3-7-17(12)21(19,20)14-8-11(10-18)5-6-13(14)15/h5-6,8,12,18H,3-4,7,9-10H2,1-2H3. The topological polar surface area (TPSA) is 60.9 Å². The maximum absolute atomic E-state index is 12.9. The van der Waals surface area contributed by atoms with E-state index in [1.807, 2.05) is 19.0 Å². The molecule has 1 atom stereocenters. The molecule has 1 aromatic rings. The normalized spacial score (nSPS) is 20.3. The van der Waals surface area contributed by atoms with Gasteiger partial charge in [0.2, 0.25) is 10.0 Å². The lowest BCUT2D eigenvalue weighted by Crippen LogP contribution is -2.41. The van der Waals surface area contributed by atoms with Gasteiger partial charge in [-0.1, -0.05) is 17.7 Å². The lowest BCUT2D eigenvalue weighted by atomic mass is 10.2. The smallest absolute Gasteiger partial charge is 0.244 e. The molecule has 1 aliphatic rings. The van der Waals surface area contributed by atoms with E-state index in [4.69, 9.17) is 11.6 Å². The van der Waals surface area contributed by atoms with Crippen LogP contribution in [0, 0.1) is 0 Å². The van der Waals surface area contributed by atoms with Crippen LogP contribution in [0.2, 0.25) is 5.02 Å². The molecular weight excluding hydrogens is 312 g/mol. The zero-order valence-electron chi connectivity index (χ0n) is 12.3. The van der Waals surface area contributed by atoms with Gasteiger partial charge in [0.05, 0.1) is 11.6 Å². The molecule has 0 spiro atoms. The lowest BCUT2D eigenvalue weighted by molar-refractivity contribution is 0.281. The van der Waals surface area contributed by atoms with Crippen LogP contribution in [-0.2, 0) is 16.6 Å². The molecule has 1 fully saturated rings. The predicted octanol–water partition coefficient (Wildman–Crippen LogP) is 1.55. The van der Waals surface area contributed by atoms with Crippen molar-refractivity contribution in [3.05, 3.63) is 28.8 Å². The predicted molar refractivity (Wildman–Crippen MR) is 82.8 cm³/mol. The first-order chi connectivity index (χ1) is 9.86. The fourth-order valence-corrected chi connectivity index (χ4v) is 4.91. The SMILES string of the molecule is CN(C)CC1CCCN1S(=O)(=O)c1cc(CO)ccc1Cl. The van der Waals surface area contributed by atoms with Gasteiger partial charge in [-0.3, -0.25) is 0 Å². The fraction of sp³-hybridized carbons (Fsp3) is 0.571. The number of sulfonamides is 1. The van der Waals surface area contributed by atoms with E-state index >= 15 is 0 Å². The van der Waals surface area contributed by atoms with Gasteiger partial charge in [-0.15, -0.1) is 0 Å². The summed E-state index contributed by atoms with van der Waals surface area (Å²) in [5.74, 6) is 0. The Bertz CT molecular complexity index is 604. The van der Waals surface area contributed by atoms with Crippen molar-refractivity contribution in [3.8, 4) is 0 Å². The Labute approximate surface area is 131 Å². The molecule has 2 rings (SSSR count). The van der Waals surface area contributed by atoms with Crippen LogP contribution in [0.25, 0.3) is 0 Å². The fourth-order valence-electron chi connectivity index (χ4n) is 2.70. The number of benzene rings is 1. The maximum Gasteiger partial charge on any atom is 0.244 e. The first-order valence-corrected chi connectivity index (χ1v) is 8.74. The average Bonchev–Trinajstić information content (AvgIpc) is 2.87. The molecule has 0 aromatic heterocycles. The summed E-state index contributed by atoms with van der Waals surface area (Å²) < 4.78 is 27.3. The first-order valence-electron chi connectivity index (χ1n) is 6.92. The number of rotatable bonds is 5. The molecule has 1 unspecified atom stereocenters. The van der Waals surface area contributed by atoms with Crippen LogP contribution in [0.4, 0.5) is 0 Å². The van der Waals surface area contributed by atoms with Crippen molar-refractivity contribution in [2.75, 3.05) is 27.2 Å². The third-order valence-electron chi connectivity index (χ3n) is 3.66. The van der Waals surface area contributed by atoms with Gasteiger partial charge in [0.1, 0.15) is 4.90 Å². The largest absolute Gasteiger partial charge is 0.392 e. The van der Waals surface area contributed by atoms with Crippen LogP contribution in [0.1, 0.15) is 18.4 Å². The van der Waals surface area contributed by atoms with Gasteiger partial charge in [-0.25, -0.2) is 8.42 Å². The van der Waals surface area contributed by atoms with Crippen molar-refractivity contribution in [2.45, 2.75) is 30.4 Å². The number of likely N-dealkylation sites (N-methyl/N-ethyl adjacent to an activating group) is 1. The molecule has 21 heavy (non-hydrogen) atoms. The Balaban J connectivity index is 2.37. The zero-order chi connectivity index (χ0) is 15.6. The molecule has 5 nitrogen and oxygen atoms in total. The van der Waals surface area contributed by atoms with Crippen molar-refractivity contribution >= 4 is 21.6 Å². The number of hydrogen-bond acceptors (Lipinski definition) is 4. The highest BCUT2D eigenvalue weighted by molar-refractivity contribution is 7.89. The minimum absolute atomic E-state index is 0.0288. The molecule has 0 saturated carbocycles. The van der Waals surface area contributed by atoms with Crippen LogP contribution in [0.5, 0.6) is 0 Å². The van der Waals surface area contributed by atoms with Gasteiger partial charge in [0, 0.05) is 19.1 Å². The third kappa shape index (κ3) is 3.57. The summed E-state index contributed by atoms with van der Waals surface area (Å²) in [6.07, 6.45) is 1.71. The lowest BCUT2D eigenvalue weighted by Gasteiger charge is -2.27. The Morgan fingerprint density at radius 1 is 1.43 bits per heavy atom. The summed E-state index contributed by atoms with van der Waals surface area (Å²) in [6, 6.07) is 4.58. The van der Waals surface area contributed by atoms with Crippen molar-refractivity contribution in [3.63, 3.8) is 0 Å². The van der Waals surface area contributed by atoms with E-state index in [2.05, 4.69) is 0 Å².